The predicted molar refractivity (Wildman–Crippen MR) is 91.7 cm³/mol. The zero-order valence-corrected chi connectivity index (χ0v) is 14.1. The number of rotatable bonds is 7. The van der Waals surface area contributed by atoms with Gasteiger partial charge in [0.15, 0.2) is 5.96 Å². The number of amides is 1. The first-order valence-electron chi connectivity index (χ1n) is 7.78. The SMILES string of the molecule is CC(C)C(=O)NCCCNC(=NCc1ccccc1)N(C)C. The molecule has 1 amide bonds. The molecule has 0 aliphatic carbocycles. The number of carbonyl (C=O) groups excluding carboxylic acids is 1. The van der Waals surface area contributed by atoms with Gasteiger partial charge in [-0.15, -0.1) is 0 Å². The Morgan fingerprint density at radius 3 is 2.36 bits per heavy atom. The second-order valence-corrected chi connectivity index (χ2v) is 5.75. The number of nitrogens with zero attached hydrogens (tertiary/aromatic N) is 2. The van der Waals surface area contributed by atoms with Gasteiger partial charge in [-0.2, -0.15) is 0 Å². The van der Waals surface area contributed by atoms with Crippen molar-refractivity contribution in [1.82, 2.24) is 15.5 Å². The van der Waals surface area contributed by atoms with Gasteiger partial charge in [0, 0.05) is 33.1 Å². The highest BCUT2D eigenvalue weighted by Gasteiger charge is 2.05. The van der Waals surface area contributed by atoms with Gasteiger partial charge < -0.3 is 15.5 Å². The Morgan fingerprint density at radius 1 is 1.14 bits per heavy atom. The highest BCUT2D eigenvalue weighted by atomic mass is 16.1. The Labute approximate surface area is 133 Å². The molecule has 22 heavy (non-hydrogen) atoms. The van der Waals surface area contributed by atoms with E-state index in [0.717, 1.165) is 18.9 Å². The molecule has 0 fully saturated rings. The number of nitrogens with one attached hydrogen (secondary N) is 2. The number of carbonyl (C=O) groups is 1. The third-order valence-corrected chi connectivity index (χ3v) is 3.14. The van der Waals surface area contributed by atoms with Crippen LogP contribution in [0.5, 0.6) is 0 Å². The Morgan fingerprint density at radius 2 is 1.77 bits per heavy atom. The molecule has 5 heteroatoms. The van der Waals surface area contributed by atoms with Crippen molar-refractivity contribution in [3.63, 3.8) is 0 Å². The number of hydrogen-bond donors (Lipinski definition) is 2. The maximum atomic E-state index is 11.4. The Balaban J connectivity index is 2.34. The van der Waals surface area contributed by atoms with Crippen LogP contribution in [0.15, 0.2) is 35.3 Å². The van der Waals surface area contributed by atoms with E-state index in [1.807, 2.05) is 51.0 Å². The number of hydrogen-bond acceptors (Lipinski definition) is 2. The molecule has 0 spiro atoms. The Hall–Kier alpha value is -2.04. The van der Waals surface area contributed by atoms with Crippen LogP contribution in [-0.2, 0) is 11.3 Å². The second-order valence-electron chi connectivity index (χ2n) is 5.75. The van der Waals surface area contributed by atoms with Crippen LogP contribution in [0.2, 0.25) is 0 Å². The first-order valence-corrected chi connectivity index (χ1v) is 7.78. The van der Waals surface area contributed by atoms with Crippen LogP contribution in [0, 0.1) is 5.92 Å². The monoisotopic (exact) mass is 304 g/mol. The summed E-state index contributed by atoms with van der Waals surface area (Å²) in [4.78, 5) is 18.0. The van der Waals surface area contributed by atoms with Gasteiger partial charge in [0.1, 0.15) is 0 Å². The molecule has 2 N–H and O–H groups in total. The molecule has 0 radical (unpaired) electrons. The van der Waals surface area contributed by atoms with E-state index in [9.17, 15) is 4.79 Å². The maximum absolute atomic E-state index is 11.4. The molecular formula is C17H28N4O. The van der Waals surface area contributed by atoms with E-state index in [2.05, 4.69) is 27.8 Å². The van der Waals surface area contributed by atoms with E-state index in [-0.39, 0.29) is 11.8 Å². The molecule has 0 atom stereocenters. The van der Waals surface area contributed by atoms with Crippen LogP contribution in [0.25, 0.3) is 0 Å². The van der Waals surface area contributed by atoms with E-state index < -0.39 is 0 Å². The lowest BCUT2D eigenvalue weighted by Crippen LogP contribution is -2.38. The molecule has 0 saturated heterocycles. The average Bonchev–Trinajstić information content (AvgIpc) is 2.50. The predicted octanol–water partition coefficient (Wildman–Crippen LogP) is 1.86. The number of benzene rings is 1. The molecule has 0 bridgehead atoms. The topological polar surface area (TPSA) is 56.7 Å². The molecule has 122 valence electrons. The molecule has 0 aliphatic rings. The summed E-state index contributed by atoms with van der Waals surface area (Å²) < 4.78 is 0. The lowest BCUT2D eigenvalue weighted by molar-refractivity contribution is -0.123. The van der Waals surface area contributed by atoms with Crippen LogP contribution in [0.4, 0.5) is 0 Å². The smallest absolute Gasteiger partial charge is 0.222 e. The molecule has 5 nitrogen and oxygen atoms in total. The van der Waals surface area contributed by atoms with Gasteiger partial charge in [-0.05, 0) is 12.0 Å². The minimum atomic E-state index is 0.0396. The van der Waals surface area contributed by atoms with Crippen molar-refractivity contribution in [3.8, 4) is 0 Å². The summed E-state index contributed by atoms with van der Waals surface area (Å²) in [6, 6.07) is 10.2. The highest BCUT2D eigenvalue weighted by molar-refractivity contribution is 5.79. The molecule has 1 aromatic carbocycles. The molecule has 0 heterocycles. The fourth-order valence-corrected chi connectivity index (χ4v) is 1.81. The second kappa shape index (κ2) is 9.82. The van der Waals surface area contributed by atoms with Gasteiger partial charge >= 0.3 is 0 Å². The van der Waals surface area contributed by atoms with Crippen LogP contribution >= 0.6 is 0 Å². The minimum absolute atomic E-state index is 0.0396. The fraction of sp³-hybridized carbons (Fsp3) is 0.529. The summed E-state index contributed by atoms with van der Waals surface area (Å²) in [7, 11) is 3.94. The highest BCUT2D eigenvalue weighted by Crippen LogP contribution is 2.00. The largest absolute Gasteiger partial charge is 0.356 e. The third-order valence-electron chi connectivity index (χ3n) is 3.14. The van der Waals surface area contributed by atoms with E-state index in [0.29, 0.717) is 13.1 Å². The van der Waals surface area contributed by atoms with Crippen molar-refractivity contribution in [2.45, 2.75) is 26.8 Å². The van der Waals surface area contributed by atoms with E-state index in [1.165, 1.54) is 5.56 Å². The normalized spacial score (nSPS) is 11.4. The van der Waals surface area contributed by atoms with Crippen molar-refractivity contribution in [3.05, 3.63) is 35.9 Å². The summed E-state index contributed by atoms with van der Waals surface area (Å²) in [5.41, 5.74) is 1.19. The van der Waals surface area contributed by atoms with Gasteiger partial charge in [0.05, 0.1) is 6.54 Å². The van der Waals surface area contributed by atoms with Crippen LogP contribution < -0.4 is 10.6 Å². The van der Waals surface area contributed by atoms with Crippen molar-refractivity contribution in [2.75, 3.05) is 27.2 Å². The first kappa shape index (κ1) is 18.0. The minimum Gasteiger partial charge on any atom is -0.356 e. The molecule has 0 saturated carbocycles. The fourth-order valence-electron chi connectivity index (χ4n) is 1.81. The standard InChI is InChI=1S/C17H28N4O/c1-14(2)16(22)18-11-8-12-19-17(21(3)4)20-13-15-9-6-5-7-10-15/h5-7,9-10,14H,8,11-13H2,1-4H3,(H,18,22)(H,19,20). The third kappa shape index (κ3) is 7.11. The summed E-state index contributed by atoms with van der Waals surface area (Å²) in [5, 5.41) is 6.23. The van der Waals surface area contributed by atoms with Gasteiger partial charge in [-0.25, -0.2) is 4.99 Å². The van der Waals surface area contributed by atoms with Crippen molar-refractivity contribution < 1.29 is 4.79 Å². The molecular weight excluding hydrogens is 276 g/mol. The zero-order valence-electron chi connectivity index (χ0n) is 14.1. The van der Waals surface area contributed by atoms with Crippen molar-refractivity contribution in [1.29, 1.82) is 0 Å². The van der Waals surface area contributed by atoms with Gasteiger partial charge in [0.25, 0.3) is 0 Å². The van der Waals surface area contributed by atoms with Crippen molar-refractivity contribution >= 4 is 11.9 Å². The quantitative estimate of drug-likeness (QED) is 0.459. The van der Waals surface area contributed by atoms with Gasteiger partial charge in [-0.1, -0.05) is 44.2 Å². The number of aliphatic imine (C=N–C) groups is 1. The molecule has 1 rings (SSSR count). The molecule has 0 aliphatic heterocycles. The average molecular weight is 304 g/mol. The van der Waals surface area contributed by atoms with Crippen molar-refractivity contribution in [2.24, 2.45) is 10.9 Å². The summed E-state index contributed by atoms with van der Waals surface area (Å²) >= 11 is 0. The van der Waals surface area contributed by atoms with E-state index >= 15 is 0 Å². The molecule has 0 aromatic heterocycles. The van der Waals surface area contributed by atoms with E-state index in [1.54, 1.807) is 0 Å². The summed E-state index contributed by atoms with van der Waals surface area (Å²) in [6.07, 6.45) is 0.872. The Bertz CT molecular complexity index is 469. The molecule has 0 unspecified atom stereocenters. The summed E-state index contributed by atoms with van der Waals surface area (Å²) in [5.74, 6) is 1.00. The first-order chi connectivity index (χ1) is 10.5. The van der Waals surface area contributed by atoms with Crippen LogP contribution in [0.1, 0.15) is 25.8 Å². The lowest BCUT2D eigenvalue weighted by Gasteiger charge is -2.18. The molecule has 1 aromatic rings. The maximum Gasteiger partial charge on any atom is 0.222 e. The van der Waals surface area contributed by atoms with Gasteiger partial charge in [-0.3, -0.25) is 4.79 Å². The lowest BCUT2D eigenvalue weighted by atomic mass is 10.2. The number of guanidine groups is 1. The summed E-state index contributed by atoms with van der Waals surface area (Å²) in [6.45, 7) is 5.92. The van der Waals surface area contributed by atoms with Gasteiger partial charge in [0.2, 0.25) is 5.91 Å². The van der Waals surface area contributed by atoms with E-state index in [4.69, 9.17) is 0 Å². The zero-order chi connectivity index (χ0) is 16.4. The van der Waals surface area contributed by atoms with Crippen LogP contribution in [0.3, 0.4) is 0 Å². The Kier molecular flexibility index (Phi) is 8.04. The van der Waals surface area contributed by atoms with Crippen LogP contribution in [-0.4, -0.2) is 44.0 Å².